The van der Waals surface area contributed by atoms with Gasteiger partial charge in [-0.3, -0.25) is 0 Å². The number of fused-ring (bicyclic) bond motifs is 1. The van der Waals surface area contributed by atoms with Crippen molar-refractivity contribution in [3.8, 4) is 11.5 Å². The Bertz CT molecular complexity index is 451. The number of amides is 1. The van der Waals surface area contributed by atoms with Gasteiger partial charge >= 0.3 is 6.09 Å². The van der Waals surface area contributed by atoms with E-state index in [9.17, 15) is 4.79 Å². The number of carbonyl (C=O) groups excluding carboxylic acids is 1. The summed E-state index contributed by atoms with van der Waals surface area (Å²) in [6.45, 7) is 6.12. The highest BCUT2D eigenvalue weighted by Gasteiger charge is 2.16. The smallest absolute Gasteiger partial charge is 0.407 e. The maximum Gasteiger partial charge on any atom is 0.407 e. The van der Waals surface area contributed by atoms with Gasteiger partial charge in [-0.1, -0.05) is 6.07 Å². The molecule has 1 aromatic carbocycles. The van der Waals surface area contributed by atoms with Crippen LogP contribution in [0.2, 0.25) is 0 Å². The largest absolute Gasteiger partial charge is 0.454 e. The molecule has 0 spiro atoms. The first kappa shape index (κ1) is 12.5. The van der Waals surface area contributed by atoms with Crippen LogP contribution < -0.4 is 14.8 Å². The molecule has 1 amide bonds. The molecule has 0 fully saturated rings. The molecular formula is C13H17NO4. The highest BCUT2D eigenvalue weighted by atomic mass is 16.7. The van der Waals surface area contributed by atoms with Crippen LogP contribution in [0.25, 0.3) is 0 Å². The Morgan fingerprint density at radius 3 is 2.78 bits per heavy atom. The number of carbonyl (C=O) groups is 1. The Labute approximate surface area is 106 Å². The number of ether oxygens (including phenoxy) is 3. The molecule has 0 radical (unpaired) electrons. The average molecular weight is 251 g/mol. The summed E-state index contributed by atoms with van der Waals surface area (Å²) in [4.78, 5) is 11.5. The second-order valence-electron chi connectivity index (χ2n) is 5.04. The molecule has 0 atom stereocenters. The number of rotatable bonds is 2. The van der Waals surface area contributed by atoms with Gasteiger partial charge in [0, 0.05) is 6.54 Å². The van der Waals surface area contributed by atoms with Gasteiger partial charge in [-0.25, -0.2) is 4.79 Å². The van der Waals surface area contributed by atoms with Crippen LogP contribution in [0.4, 0.5) is 4.79 Å². The molecule has 1 N–H and O–H groups in total. The fourth-order valence-electron chi connectivity index (χ4n) is 1.54. The number of hydrogen-bond donors (Lipinski definition) is 1. The molecule has 0 unspecified atom stereocenters. The zero-order valence-corrected chi connectivity index (χ0v) is 10.8. The lowest BCUT2D eigenvalue weighted by Gasteiger charge is -2.19. The molecule has 0 saturated carbocycles. The van der Waals surface area contributed by atoms with Crippen LogP contribution in [0.1, 0.15) is 26.3 Å². The summed E-state index contributed by atoms with van der Waals surface area (Å²) in [6, 6.07) is 5.55. The van der Waals surface area contributed by atoms with Gasteiger partial charge < -0.3 is 19.5 Å². The molecule has 1 heterocycles. The van der Waals surface area contributed by atoms with E-state index in [4.69, 9.17) is 14.2 Å². The van der Waals surface area contributed by atoms with Crippen LogP contribution in [0.5, 0.6) is 11.5 Å². The molecule has 2 rings (SSSR count). The van der Waals surface area contributed by atoms with Gasteiger partial charge in [-0.05, 0) is 38.5 Å². The first-order valence-corrected chi connectivity index (χ1v) is 5.79. The van der Waals surface area contributed by atoms with E-state index in [0.717, 1.165) is 11.3 Å². The number of benzene rings is 1. The van der Waals surface area contributed by atoms with Gasteiger partial charge in [0.15, 0.2) is 11.5 Å². The van der Waals surface area contributed by atoms with Crippen molar-refractivity contribution in [2.75, 3.05) is 6.79 Å². The van der Waals surface area contributed by atoms with Crippen molar-refractivity contribution in [1.82, 2.24) is 5.32 Å². The third-order valence-corrected chi connectivity index (χ3v) is 2.27. The van der Waals surface area contributed by atoms with Crippen LogP contribution in [-0.4, -0.2) is 18.5 Å². The molecule has 1 aromatic rings. The van der Waals surface area contributed by atoms with Crippen LogP contribution in [0.15, 0.2) is 18.2 Å². The van der Waals surface area contributed by atoms with E-state index in [-0.39, 0.29) is 6.79 Å². The second-order valence-corrected chi connectivity index (χ2v) is 5.04. The highest BCUT2D eigenvalue weighted by molar-refractivity contribution is 5.67. The van der Waals surface area contributed by atoms with Gasteiger partial charge in [0.25, 0.3) is 0 Å². The normalized spacial score (nSPS) is 13.3. The van der Waals surface area contributed by atoms with E-state index in [2.05, 4.69) is 5.32 Å². The van der Waals surface area contributed by atoms with Gasteiger partial charge in [0.1, 0.15) is 5.60 Å². The van der Waals surface area contributed by atoms with Crippen molar-refractivity contribution < 1.29 is 19.0 Å². The van der Waals surface area contributed by atoms with Crippen molar-refractivity contribution >= 4 is 6.09 Å². The van der Waals surface area contributed by atoms with E-state index in [1.165, 1.54) is 0 Å². The summed E-state index contributed by atoms with van der Waals surface area (Å²) in [6.07, 6.45) is -0.430. The predicted octanol–water partition coefficient (Wildman–Crippen LogP) is 2.44. The molecule has 0 bridgehead atoms. The summed E-state index contributed by atoms with van der Waals surface area (Å²) >= 11 is 0. The van der Waals surface area contributed by atoms with Crippen LogP contribution >= 0.6 is 0 Å². The summed E-state index contributed by atoms with van der Waals surface area (Å²) in [5.74, 6) is 1.44. The lowest BCUT2D eigenvalue weighted by molar-refractivity contribution is 0.0523. The second kappa shape index (κ2) is 4.76. The van der Waals surface area contributed by atoms with E-state index in [0.29, 0.717) is 12.3 Å². The monoisotopic (exact) mass is 251 g/mol. The first-order chi connectivity index (χ1) is 8.44. The summed E-state index contributed by atoms with van der Waals surface area (Å²) in [5, 5.41) is 2.69. The van der Waals surface area contributed by atoms with Gasteiger partial charge in [-0.15, -0.1) is 0 Å². The van der Waals surface area contributed by atoms with Gasteiger partial charge in [0.05, 0.1) is 0 Å². The van der Waals surface area contributed by atoms with Crippen LogP contribution in [-0.2, 0) is 11.3 Å². The molecule has 5 heteroatoms. The Morgan fingerprint density at radius 2 is 2.06 bits per heavy atom. The summed E-state index contributed by atoms with van der Waals surface area (Å²) in [7, 11) is 0. The maximum atomic E-state index is 11.5. The lowest BCUT2D eigenvalue weighted by atomic mass is 10.2. The van der Waals surface area contributed by atoms with Crippen molar-refractivity contribution in [3.63, 3.8) is 0 Å². The van der Waals surface area contributed by atoms with Crippen molar-refractivity contribution in [3.05, 3.63) is 23.8 Å². The SMILES string of the molecule is CC(C)(C)OC(=O)NCc1ccc2c(c1)OCO2. The van der Waals surface area contributed by atoms with Crippen LogP contribution in [0, 0.1) is 0 Å². The van der Waals surface area contributed by atoms with E-state index in [1.54, 1.807) is 0 Å². The Kier molecular flexibility index (Phi) is 3.32. The minimum absolute atomic E-state index is 0.248. The fourth-order valence-corrected chi connectivity index (χ4v) is 1.54. The third kappa shape index (κ3) is 3.29. The van der Waals surface area contributed by atoms with Crippen molar-refractivity contribution in [2.24, 2.45) is 0 Å². The van der Waals surface area contributed by atoms with Gasteiger partial charge in [0.2, 0.25) is 6.79 Å². The lowest BCUT2D eigenvalue weighted by Crippen LogP contribution is -2.32. The third-order valence-electron chi connectivity index (χ3n) is 2.27. The van der Waals surface area contributed by atoms with Crippen molar-refractivity contribution in [2.45, 2.75) is 32.9 Å². The Balaban J connectivity index is 1.89. The van der Waals surface area contributed by atoms with Crippen molar-refractivity contribution in [1.29, 1.82) is 0 Å². The number of hydrogen-bond acceptors (Lipinski definition) is 4. The molecule has 18 heavy (non-hydrogen) atoms. The number of nitrogens with one attached hydrogen (secondary N) is 1. The fraction of sp³-hybridized carbons (Fsp3) is 0.462. The highest BCUT2D eigenvalue weighted by Crippen LogP contribution is 2.32. The first-order valence-electron chi connectivity index (χ1n) is 5.79. The van der Waals surface area contributed by atoms with Gasteiger partial charge in [-0.2, -0.15) is 0 Å². The molecule has 0 saturated heterocycles. The molecule has 1 aliphatic heterocycles. The van der Waals surface area contributed by atoms with E-state index in [1.807, 2.05) is 39.0 Å². The topological polar surface area (TPSA) is 56.8 Å². The van der Waals surface area contributed by atoms with E-state index < -0.39 is 11.7 Å². The zero-order valence-electron chi connectivity index (χ0n) is 10.8. The molecule has 0 aliphatic carbocycles. The molecule has 0 aromatic heterocycles. The summed E-state index contributed by atoms with van der Waals surface area (Å²) in [5.41, 5.74) is 0.448. The molecule has 98 valence electrons. The average Bonchev–Trinajstić information content (AvgIpc) is 2.71. The quantitative estimate of drug-likeness (QED) is 0.877. The summed E-state index contributed by atoms with van der Waals surface area (Å²) < 4.78 is 15.6. The number of alkyl carbamates (subject to hydrolysis) is 1. The minimum Gasteiger partial charge on any atom is -0.454 e. The molecule has 1 aliphatic rings. The van der Waals surface area contributed by atoms with E-state index >= 15 is 0 Å². The maximum absolute atomic E-state index is 11.5. The zero-order chi connectivity index (χ0) is 13.2. The standard InChI is InChI=1S/C13H17NO4/c1-13(2,3)18-12(15)14-7-9-4-5-10-11(6-9)17-8-16-10/h4-6H,7-8H2,1-3H3,(H,14,15). The molecule has 5 nitrogen and oxygen atoms in total. The minimum atomic E-state index is -0.487. The molecular weight excluding hydrogens is 234 g/mol. The Morgan fingerprint density at radius 1 is 1.33 bits per heavy atom. The van der Waals surface area contributed by atoms with Crippen LogP contribution in [0.3, 0.4) is 0 Å². The predicted molar refractivity (Wildman–Crippen MR) is 65.6 cm³/mol. The Hall–Kier alpha value is -1.91.